The molecule has 2 amide bonds. The molecule has 0 unspecified atom stereocenters. The van der Waals surface area contributed by atoms with Crippen LogP contribution >= 0.6 is 11.3 Å². The quantitative estimate of drug-likeness (QED) is 0.734. The summed E-state index contributed by atoms with van der Waals surface area (Å²) in [6.07, 6.45) is 0.391. The summed E-state index contributed by atoms with van der Waals surface area (Å²) < 4.78 is 4.55. The number of methoxy groups -OCH3 is 1. The number of thiophene rings is 1. The summed E-state index contributed by atoms with van der Waals surface area (Å²) in [6.45, 7) is 2.98. The second-order valence-electron chi connectivity index (χ2n) is 4.32. The van der Waals surface area contributed by atoms with Gasteiger partial charge in [0.15, 0.2) is 0 Å². The molecule has 0 aliphatic carbocycles. The van der Waals surface area contributed by atoms with Crippen LogP contribution in [0.3, 0.4) is 0 Å². The van der Waals surface area contributed by atoms with Gasteiger partial charge in [-0.2, -0.15) is 11.3 Å². The van der Waals surface area contributed by atoms with Gasteiger partial charge < -0.3 is 15.0 Å². The zero-order valence-electron chi connectivity index (χ0n) is 12.3. The third-order valence-electron chi connectivity index (χ3n) is 2.96. The van der Waals surface area contributed by atoms with Gasteiger partial charge in [0.05, 0.1) is 13.5 Å². The van der Waals surface area contributed by atoms with Crippen LogP contribution in [0.1, 0.15) is 30.1 Å². The Hall–Kier alpha value is -1.89. The maximum Gasteiger partial charge on any atom is 0.307 e. The number of ether oxygens (including phenoxy) is 1. The fourth-order valence-corrected chi connectivity index (χ4v) is 2.36. The minimum atomic E-state index is -0.341. The molecule has 0 atom stereocenters. The molecule has 0 bridgehead atoms. The van der Waals surface area contributed by atoms with Gasteiger partial charge in [-0.15, -0.1) is 0 Å². The van der Waals surface area contributed by atoms with Crippen molar-refractivity contribution in [3.63, 3.8) is 0 Å². The van der Waals surface area contributed by atoms with Gasteiger partial charge in [0, 0.05) is 37.0 Å². The Kier molecular flexibility index (Phi) is 7.45. The number of hydrogen-bond acceptors (Lipinski definition) is 5. The van der Waals surface area contributed by atoms with Crippen molar-refractivity contribution in [2.24, 2.45) is 0 Å². The first kappa shape index (κ1) is 17.2. The summed E-state index contributed by atoms with van der Waals surface area (Å²) in [7, 11) is 1.32. The largest absolute Gasteiger partial charge is 0.469 e. The molecule has 1 rings (SSSR count). The van der Waals surface area contributed by atoms with Gasteiger partial charge >= 0.3 is 5.97 Å². The Morgan fingerprint density at radius 3 is 2.67 bits per heavy atom. The lowest BCUT2D eigenvalue weighted by Crippen LogP contribution is -2.35. The first-order valence-corrected chi connectivity index (χ1v) is 7.67. The van der Waals surface area contributed by atoms with E-state index in [4.69, 9.17) is 0 Å². The van der Waals surface area contributed by atoms with E-state index in [9.17, 15) is 14.4 Å². The van der Waals surface area contributed by atoms with Crippen LogP contribution in [0.5, 0.6) is 0 Å². The highest BCUT2D eigenvalue weighted by Crippen LogP contribution is 2.05. The number of nitrogens with one attached hydrogen (secondary N) is 1. The smallest absolute Gasteiger partial charge is 0.307 e. The lowest BCUT2D eigenvalue weighted by atomic mass is 10.3. The average Bonchev–Trinajstić information content (AvgIpc) is 3.01. The highest BCUT2D eigenvalue weighted by atomic mass is 32.1. The third kappa shape index (κ3) is 5.95. The van der Waals surface area contributed by atoms with E-state index >= 15 is 0 Å². The van der Waals surface area contributed by atoms with Gasteiger partial charge in [-0.05, 0) is 18.4 Å². The number of nitrogens with zero attached hydrogens (tertiary/aromatic N) is 1. The van der Waals surface area contributed by atoms with E-state index in [2.05, 4.69) is 10.1 Å². The molecular weight excluding hydrogens is 292 g/mol. The maximum atomic E-state index is 12.0. The minimum Gasteiger partial charge on any atom is -0.469 e. The first-order valence-electron chi connectivity index (χ1n) is 6.73. The van der Waals surface area contributed by atoms with E-state index in [0.29, 0.717) is 18.7 Å². The lowest BCUT2D eigenvalue weighted by Gasteiger charge is -2.20. The van der Waals surface area contributed by atoms with E-state index in [1.807, 2.05) is 12.3 Å². The number of carbonyl (C=O) groups is 3. The SMILES string of the molecule is CCN(CCC(=O)OC)C(=O)CCNC(=O)c1ccsc1. The molecule has 1 aromatic heterocycles. The van der Waals surface area contributed by atoms with Gasteiger partial charge in [0.25, 0.3) is 5.91 Å². The molecule has 0 radical (unpaired) electrons. The highest BCUT2D eigenvalue weighted by molar-refractivity contribution is 7.08. The van der Waals surface area contributed by atoms with Crippen molar-refractivity contribution >= 4 is 29.1 Å². The van der Waals surface area contributed by atoms with Crippen molar-refractivity contribution in [1.82, 2.24) is 10.2 Å². The molecule has 7 heteroatoms. The van der Waals surface area contributed by atoms with E-state index in [-0.39, 0.29) is 37.2 Å². The molecule has 6 nitrogen and oxygen atoms in total. The highest BCUT2D eigenvalue weighted by Gasteiger charge is 2.14. The van der Waals surface area contributed by atoms with Crippen molar-refractivity contribution < 1.29 is 19.1 Å². The number of carbonyl (C=O) groups excluding carboxylic acids is 3. The van der Waals surface area contributed by atoms with Crippen LogP contribution in [0.4, 0.5) is 0 Å². The van der Waals surface area contributed by atoms with E-state index in [1.165, 1.54) is 18.4 Å². The Bertz CT molecular complexity index is 473. The molecule has 0 saturated carbocycles. The molecule has 0 spiro atoms. The first-order chi connectivity index (χ1) is 10.1. The minimum absolute atomic E-state index is 0.0907. The molecule has 0 aliphatic rings. The fourth-order valence-electron chi connectivity index (χ4n) is 1.72. The van der Waals surface area contributed by atoms with Gasteiger partial charge in [0.2, 0.25) is 5.91 Å². The molecule has 116 valence electrons. The van der Waals surface area contributed by atoms with Crippen LogP contribution < -0.4 is 5.32 Å². The second kappa shape index (κ2) is 9.12. The topological polar surface area (TPSA) is 75.7 Å². The summed E-state index contributed by atoms with van der Waals surface area (Å²) in [4.78, 5) is 36.3. The summed E-state index contributed by atoms with van der Waals surface area (Å²) >= 11 is 1.45. The van der Waals surface area contributed by atoms with Crippen molar-refractivity contribution in [3.05, 3.63) is 22.4 Å². The summed E-state index contributed by atoms with van der Waals surface area (Å²) in [5, 5.41) is 6.28. The lowest BCUT2D eigenvalue weighted by molar-refractivity contribution is -0.141. The molecule has 1 aromatic rings. The van der Waals surface area contributed by atoms with E-state index < -0.39 is 0 Å². The molecule has 1 N–H and O–H groups in total. The molecule has 0 aromatic carbocycles. The predicted octanol–water partition coefficient (Wildman–Crippen LogP) is 1.28. The Morgan fingerprint density at radius 1 is 1.33 bits per heavy atom. The van der Waals surface area contributed by atoms with Crippen LogP contribution in [0.2, 0.25) is 0 Å². The van der Waals surface area contributed by atoms with Crippen molar-refractivity contribution in [2.75, 3.05) is 26.7 Å². The Morgan fingerprint density at radius 2 is 2.10 bits per heavy atom. The standard InChI is InChI=1S/C14H20N2O4S/c1-3-16(8-5-13(18)20-2)12(17)4-7-15-14(19)11-6-9-21-10-11/h6,9-10H,3-5,7-8H2,1-2H3,(H,15,19). The van der Waals surface area contributed by atoms with Crippen LogP contribution in [-0.2, 0) is 14.3 Å². The third-order valence-corrected chi connectivity index (χ3v) is 3.64. The molecule has 0 aliphatic heterocycles. The molecule has 0 fully saturated rings. The van der Waals surface area contributed by atoms with Crippen LogP contribution in [0.25, 0.3) is 0 Å². The zero-order valence-corrected chi connectivity index (χ0v) is 13.1. The zero-order chi connectivity index (χ0) is 15.7. The summed E-state index contributed by atoms with van der Waals surface area (Å²) in [5.41, 5.74) is 0.602. The van der Waals surface area contributed by atoms with E-state index in [1.54, 1.807) is 16.3 Å². The number of hydrogen-bond donors (Lipinski definition) is 1. The number of rotatable bonds is 8. The van der Waals surface area contributed by atoms with Crippen LogP contribution in [-0.4, -0.2) is 49.4 Å². The van der Waals surface area contributed by atoms with Crippen molar-refractivity contribution in [1.29, 1.82) is 0 Å². The summed E-state index contributed by atoms with van der Waals surface area (Å²) in [6, 6.07) is 1.73. The number of esters is 1. The van der Waals surface area contributed by atoms with Crippen molar-refractivity contribution in [2.45, 2.75) is 19.8 Å². The Balaban J connectivity index is 2.30. The second-order valence-corrected chi connectivity index (χ2v) is 5.10. The average molecular weight is 312 g/mol. The van der Waals surface area contributed by atoms with Crippen molar-refractivity contribution in [3.8, 4) is 0 Å². The fraction of sp³-hybridized carbons (Fsp3) is 0.500. The molecule has 21 heavy (non-hydrogen) atoms. The Labute approximate surface area is 128 Å². The van der Waals surface area contributed by atoms with Gasteiger partial charge in [-0.1, -0.05) is 0 Å². The monoisotopic (exact) mass is 312 g/mol. The normalized spacial score (nSPS) is 10.0. The molecule has 1 heterocycles. The van der Waals surface area contributed by atoms with Crippen LogP contribution in [0.15, 0.2) is 16.8 Å². The molecule has 0 saturated heterocycles. The van der Waals surface area contributed by atoms with Gasteiger partial charge in [-0.3, -0.25) is 14.4 Å². The predicted molar refractivity (Wildman–Crippen MR) is 80.2 cm³/mol. The van der Waals surface area contributed by atoms with Gasteiger partial charge in [0.1, 0.15) is 0 Å². The van der Waals surface area contributed by atoms with Gasteiger partial charge in [-0.25, -0.2) is 0 Å². The summed E-state index contributed by atoms with van der Waals surface area (Å²) in [5.74, 6) is -0.610. The number of amides is 2. The molecular formula is C14H20N2O4S. The van der Waals surface area contributed by atoms with Crippen LogP contribution in [0, 0.1) is 0 Å². The van der Waals surface area contributed by atoms with E-state index in [0.717, 1.165) is 0 Å². The maximum absolute atomic E-state index is 12.0.